The van der Waals surface area contributed by atoms with E-state index in [0.29, 0.717) is 11.9 Å². The maximum atomic E-state index is 13.0. The van der Waals surface area contributed by atoms with Crippen LogP contribution in [0.25, 0.3) is 0 Å². The maximum Gasteiger partial charge on any atom is 0.253 e. The van der Waals surface area contributed by atoms with Crippen LogP contribution in [0, 0.1) is 13.8 Å². The average molecular weight is 444 g/mol. The smallest absolute Gasteiger partial charge is 0.253 e. The third-order valence-electron chi connectivity index (χ3n) is 6.37. The van der Waals surface area contributed by atoms with Crippen LogP contribution in [0.15, 0.2) is 42.6 Å². The molecule has 0 saturated carbocycles. The Morgan fingerprint density at radius 1 is 1.06 bits per heavy atom. The van der Waals surface area contributed by atoms with Gasteiger partial charge in [0.1, 0.15) is 11.9 Å². The number of aryl methyl sites for hydroxylation is 2. The second-order valence-electron chi connectivity index (χ2n) is 9.09. The van der Waals surface area contributed by atoms with Crippen molar-refractivity contribution in [3.8, 4) is 5.75 Å². The number of anilines is 2. The number of carbonyl (C=O) groups excluding carboxylic acids is 1. The van der Waals surface area contributed by atoms with Crippen LogP contribution in [0.3, 0.4) is 0 Å². The number of ether oxygens (including phenoxy) is 1. The molecular weight excluding hydrogens is 414 g/mol. The molecule has 7 heteroatoms. The van der Waals surface area contributed by atoms with E-state index in [2.05, 4.69) is 33.3 Å². The zero-order chi connectivity index (χ0) is 22.9. The van der Waals surface area contributed by atoms with E-state index >= 15 is 0 Å². The molecule has 1 atom stereocenters. The third-order valence-corrected chi connectivity index (χ3v) is 6.37. The Labute approximate surface area is 194 Å². The van der Waals surface area contributed by atoms with Gasteiger partial charge in [0.15, 0.2) is 0 Å². The first-order valence-electron chi connectivity index (χ1n) is 11.6. The second kappa shape index (κ2) is 8.81. The zero-order valence-electron chi connectivity index (χ0n) is 19.3. The summed E-state index contributed by atoms with van der Waals surface area (Å²) in [5.74, 6) is 1.96. The van der Waals surface area contributed by atoms with Crippen LogP contribution < -0.4 is 10.1 Å². The molecule has 170 valence electrons. The molecule has 2 aliphatic heterocycles. The van der Waals surface area contributed by atoms with Crippen molar-refractivity contribution >= 4 is 17.5 Å². The molecule has 1 aromatic carbocycles. The minimum atomic E-state index is 0.108. The maximum absolute atomic E-state index is 13.0. The predicted octanol–water partition coefficient (Wildman–Crippen LogP) is 4.58. The zero-order valence-corrected chi connectivity index (χ0v) is 19.3. The Morgan fingerprint density at radius 3 is 2.52 bits per heavy atom. The Balaban J connectivity index is 1.19. The fraction of sp³-hybridized carbons (Fsp3) is 0.385. The van der Waals surface area contributed by atoms with Crippen molar-refractivity contribution < 1.29 is 9.53 Å². The largest absolute Gasteiger partial charge is 0.490 e. The lowest BCUT2D eigenvalue weighted by Crippen LogP contribution is -2.38. The number of piperidine rings is 1. The fourth-order valence-corrected chi connectivity index (χ4v) is 4.75. The van der Waals surface area contributed by atoms with Crippen molar-refractivity contribution in [3.63, 3.8) is 0 Å². The molecule has 0 bridgehead atoms. The lowest BCUT2D eigenvalue weighted by atomic mass is 9.92. The Bertz CT molecular complexity index is 1150. The summed E-state index contributed by atoms with van der Waals surface area (Å²) in [7, 11) is 0. The van der Waals surface area contributed by atoms with Gasteiger partial charge in [-0.2, -0.15) is 0 Å². The van der Waals surface area contributed by atoms with Crippen LogP contribution in [0.2, 0.25) is 0 Å². The third kappa shape index (κ3) is 4.67. The molecule has 5 rings (SSSR count). The van der Waals surface area contributed by atoms with Gasteiger partial charge in [-0.05, 0) is 75.6 Å². The molecule has 2 aromatic heterocycles. The lowest BCUT2D eigenvalue weighted by Gasteiger charge is -2.32. The van der Waals surface area contributed by atoms with Crippen LogP contribution in [0.4, 0.5) is 11.6 Å². The number of benzene rings is 1. The van der Waals surface area contributed by atoms with Crippen molar-refractivity contribution in [1.29, 1.82) is 0 Å². The SMILES string of the molecule is Cc1cc(C)nc(Nc2ccc(C3CCN(C(=O)c4ccc5c(c4)CC(C)O5)CC3)nc2)n1. The van der Waals surface area contributed by atoms with Crippen molar-refractivity contribution in [2.75, 3.05) is 18.4 Å². The number of nitrogens with zero attached hydrogens (tertiary/aromatic N) is 4. The fourth-order valence-electron chi connectivity index (χ4n) is 4.75. The van der Waals surface area contributed by atoms with Crippen LogP contribution >= 0.6 is 0 Å². The highest BCUT2D eigenvalue weighted by Crippen LogP contribution is 2.31. The summed E-state index contributed by atoms with van der Waals surface area (Å²) in [5, 5.41) is 3.23. The number of amides is 1. The Morgan fingerprint density at radius 2 is 1.82 bits per heavy atom. The van der Waals surface area contributed by atoms with Gasteiger partial charge in [0.25, 0.3) is 5.91 Å². The molecule has 33 heavy (non-hydrogen) atoms. The molecule has 1 unspecified atom stereocenters. The van der Waals surface area contributed by atoms with E-state index in [1.165, 1.54) is 0 Å². The van der Waals surface area contributed by atoms with E-state index < -0.39 is 0 Å². The molecule has 7 nitrogen and oxygen atoms in total. The molecule has 0 aliphatic carbocycles. The monoisotopic (exact) mass is 443 g/mol. The summed E-state index contributed by atoms with van der Waals surface area (Å²) >= 11 is 0. The number of fused-ring (bicyclic) bond motifs is 1. The highest BCUT2D eigenvalue weighted by Gasteiger charge is 2.27. The number of hydrogen-bond donors (Lipinski definition) is 1. The van der Waals surface area contributed by atoms with Gasteiger partial charge in [-0.15, -0.1) is 0 Å². The number of aromatic nitrogens is 3. The number of rotatable bonds is 4. The summed E-state index contributed by atoms with van der Waals surface area (Å²) in [6.07, 6.45) is 4.71. The van der Waals surface area contributed by atoms with Gasteiger partial charge in [0.2, 0.25) is 5.95 Å². The number of carbonyl (C=O) groups is 1. The summed E-state index contributed by atoms with van der Waals surface area (Å²) < 4.78 is 5.76. The standard InChI is InChI=1S/C26H29N5O2/c1-16-12-17(2)29-26(28-16)30-22-5-6-23(27-15-22)19-8-10-31(11-9-19)25(32)20-4-7-24-21(14-20)13-18(3)33-24/h4-7,12,14-15,18-19H,8-11,13H2,1-3H3,(H,28,29,30). The first kappa shape index (κ1) is 21.4. The first-order valence-corrected chi connectivity index (χ1v) is 11.6. The Hall–Kier alpha value is -3.48. The number of likely N-dealkylation sites (tertiary alicyclic amines) is 1. The average Bonchev–Trinajstić information content (AvgIpc) is 3.18. The van der Waals surface area contributed by atoms with Crippen LogP contribution in [-0.2, 0) is 6.42 Å². The van der Waals surface area contributed by atoms with Gasteiger partial charge in [-0.25, -0.2) is 9.97 Å². The minimum Gasteiger partial charge on any atom is -0.490 e. The minimum absolute atomic E-state index is 0.108. The van der Waals surface area contributed by atoms with Gasteiger partial charge < -0.3 is 15.0 Å². The second-order valence-corrected chi connectivity index (χ2v) is 9.09. The molecular formula is C26H29N5O2. The topological polar surface area (TPSA) is 80.2 Å². The molecule has 1 fully saturated rings. The van der Waals surface area contributed by atoms with Crippen LogP contribution in [0.5, 0.6) is 5.75 Å². The Kier molecular flexibility index (Phi) is 5.70. The van der Waals surface area contributed by atoms with Crippen molar-refractivity contribution in [2.24, 2.45) is 0 Å². The molecule has 3 aromatic rings. The van der Waals surface area contributed by atoms with Crippen molar-refractivity contribution in [3.05, 3.63) is 70.8 Å². The molecule has 1 amide bonds. The highest BCUT2D eigenvalue weighted by atomic mass is 16.5. The molecule has 0 spiro atoms. The normalized spacial score (nSPS) is 18.0. The van der Waals surface area contributed by atoms with E-state index in [1.807, 2.05) is 55.3 Å². The van der Waals surface area contributed by atoms with Crippen molar-refractivity contribution in [1.82, 2.24) is 19.9 Å². The number of pyridine rings is 1. The summed E-state index contributed by atoms with van der Waals surface area (Å²) in [6.45, 7) is 7.45. The van der Waals surface area contributed by atoms with Gasteiger partial charge in [0, 0.05) is 48.1 Å². The summed E-state index contributed by atoms with van der Waals surface area (Å²) in [4.78, 5) is 28.5. The predicted molar refractivity (Wildman–Crippen MR) is 127 cm³/mol. The van der Waals surface area contributed by atoms with Crippen molar-refractivity contribution in [2.45, 2.75) is 52.1 Å². The molecule has 2 aliphatic rings. The number of hydrogen-bond acceptors (Lipinski definition) is 6. The number of nitrogens with one attached hydrogen (secondary N) is 1. The van der Waals surface area contributed by atoms with E-state index in [-0.39, 0.29) is 12.0 Å². The van der Waals surface area contributed by atoms with Crippen LogP contribution in [0.1, 0.15) is 58.7 Å². The van der Waals surface area contributed by atoms with Crippen LogP contribution in [-0.4, -0.2) is 45.0 Å². The van der Waals surface area contributed by atoms with E-state index in [4.69, 9.17) is 4.74 Å². The van der Waals surface area contributed by atoms with Gasteiger partial charge in [-0.3, -0.25) is 9.78 Å². The van der Waals surface area contributed by atoms with E-state index in [9.17, 15) is 4.79 Å². The lowest BCUT2D eigenvalue weighted by molar-refractivity contribution is 0.0712. The molecule has 4 heterocycles. The van der Waals surface area contributed by atoms with Gasteiger partial charge in [-0.1, -0.05) is 0 Å². The summed E-state index contributed by atoms with van der Waals surface area (Å²) in [5.41, 5.74) is 5.68. The molecule has 1 saturated heterocycles. The van der Waals surface area contributed by atoms with Gasteiger partial charge in [0.05, 0.1) is 11.9 Å². The quantitative estimate of drug-likeness (QED) is 0.636. The highest BCUT2D eigenvalue weighted by molar-refractivity contribution is 5.94. The van der Waals surface area contributed by atoms with Gasteiger partial charge >= 0.3 is 0 Å². The summed E-state index contributed by atoms with van der Waals surface area (Å²) in [6, 6.07) is 11.9. The van der Waals surface area contributed by atoms with E-state index in [1.54, 1.807) is 0 Å². The molecule has 0 radical (unpaired) electrons. The molecule has 1 N–H and O–H groups in total. The van der Waals surface area contributed by atoms with E-state index in [0.717, 1.165) is 72.0 Å². The first-order chi connectivity index (χ1) is 15.9.